The summed E-state index contributed by atoms with van der Waals surface area (Å²) in [6, 6.07) is 14.6. The first-order chi connectivity index (χ1) is 13.1. The zero-order valence-corrected chi connectivity index (χ0v) is 15.7. The van der Waals surface area contributed by atoms with Crippen LogP contribution in [0.1, 0.15) is 11.1 Å². The van der Waals surface area contributed by atoms with Crippen molar-refractivity contribution < 1.29 is 0 Å². The predicted molar refractivity (Wildman–Crippen MR) is 108 cm³/mol. The SMILES string of the molecule is Cn1c(=O)n(-c2ccc(C#Cc3ccccc3)cc2Cl)c(=O)c2scnc21. The summed E-state index contributed by atoms with van der Waals surface area (Å²) < 4.78 is 2.81. The Kier molecular flexibility index (Phi) is 4.40. The summed E-state index contributed by atoms with van der Waals surface area (Å²) in [5.41, 5.74) is 2.88. The second kappa shape index (κ2) is 6.88. The summed E-state index contributed by atoms with van der Waals surface area (Å²) in [5.74, 6) is 6.08. The summed E-state index contributed by atoms with van der Waals surface area (Å²) in [6.45, 7) is 0. The predicted octanol–water partition coefficient (Wildman–Crippen LogP) is 3.20. The van der Waals surface area contributed by atoms with E-state index in [-0.39, 0.29) is 5.02 Å². The molecule has 0 atom stereocenters. The van der Waals surface area contributed by atoms with Crippen LogP contribution in [0.15, 0.2) is 63.6 Å². The standard InChI is InChI=1S/C20H12ClN3O2S/c1-23-18-17(27-12-22-18)19(25)24(20(23)26)16-10-9-14(11-15(16)21)8-7-13-5-3-2-4-6-13/h2-6,9-12H,1H3. The number of halogens is 1. The number of fused-ring (bicyclic) bond motifs is 1. The van der Waals surface area contributed by atoms with Gasteiger partial charge in [0.15, 0.2) is 5.65 Å². The first-order valence-electron chi connectivity index (χ1n) is 7.98. The molecule has 0 N–H and O–H groups in total. The van der Waals surface area contributed by atoms with E-state index in [9.17, 15) is 9.59 Å². The molecular formula is C20H12ClN3O2S. The van der Waals surface area contributed by atoms with Crippen molar-refractivity contribution >= 4 is 33.3 Å². The zero-order chi connectivity index (χ0) is 19.0. The maximum atomic E-state index is 12.7. The quantitative estimate of drug-likeness (QED) is 0.467. The van der Waals surface area contributed by atoms with Gasteiger partial charge in [0.2, 0.25) is 0 Å². The fourth-order valence-electron chi connectivity index (χ4n) is 2.70. The van der Waals surface area contributed by atoms with E-state index >= 15 is 0 Å². The molecule has 27 heavy (non-hydrogen) atoms. The highest BCUT2D eigenvalue weighted by molar-refractivity contribution is 7.16. The van der Waals surface area contributed by atoms with Crippen molar-refractivity contribution in [2.75, 3.05) is 0 Å². The van der Waals surface area contributed by atoms with Crippen molar-refractivity contribution in [3.63, 3.8) is 0 Å². The van der Waals surface area contributed by atoms with E-state index in [1.807, 2.05) is 30.3 Å². The molecule has 4 aromatic rings. The van der Waals surface area contributed by atoms with Crippen molar-refractivity contribution in [2.24, 2.45) is 7.05 Å². The van der Waals surface area contributed by atoms with Gasteiger partial charge < -0.3 is 0 Å². The van der Waals surface area contributed by atoms with E-state index in [4.69, 9.17) is 11.6 Å². The fourth-order valence-corrected chi connectivity index (χ4v) is 3.71. The Morgan fingerprint density at radius 2 is 1.78 bits per heavy atom. The highest BCUT2D eigenvalue weighted by Gasteiger charge is 2.16. The smallest absolute Gasteiger partial charge is 0.279 e. The number of aromatic nitrogens is 3. The topological polar surface area (TPSA) is 56.9 Å². The average molecular weight is 394 g/mol. The molecule has 0 aliphatic heterocycles. The van der Waals surface area contributed by atoms with E-state index in [1.54, 1.807) is 30.8 Å². The van der Waals surface area contributed by atoms with Crippen LogP contribution >= 0.6 is 22.9 Å². The normalized spacial score (nSPS) is 10.6. The second-order valence-electron chi connectivity index (χ2n) is 5.77. The van der Waals surface area contributed by atoms with Crippen LogP contribution in [-0.4, -0.2) is 14.1 Å². The van der Waals surface area contributed by atoms with Gasteiger partial charge in [0.25, 0.3) is 5.56 Å². The third-order valence-corrected chi connectivity index (χ3v) is 5.16. The largest absolute Gasteiger partial charge is 0.337 e. The minimum Gasteiger partial charge on any atom is -0.279 e. The van der Waals surface area contributed by atoms with Crippen LogP contribution < -0.4 is 11.2 Å². The van der Waals surface area contributed by atoms with E-state index < -0.39 is 11.2 Å². The number of thiazole rings is 1. The molecular weight excluding hydrogens is 382 g/mol. The van der Waals surface area contributed by atoms with Gasteiger partial charge in [-0.2, -0.15) is 0 Å². The van der Waals surface area contributed by atoms with Crippen LogP contribution in [0, 0.1) is 11.8 Å². The monoisotopic (exact) mass is 393 g/mol. The van der Waals surface area contributed by atoms with Gasteiger partial charge in [0, 0.05) is 18.2 Å². The lowest BCUT2D eigenvalue weighted by Crippen LogP contribution is -2.37. The van der Waals surface area contributed by atoms with Crippen LogP contribution in [0.3, 0.4) is 0 Å². The van der Waals surface area contributed by atoms with Gasteiger partial charge in [-0.1, -0.05) is 41.6 Å². The number of benzene rings is 2. The van der Waals surface area contributed by atoms with Gasteiger partial charge in [-0.25, -0.2) is 14.3 Å². The van der Waals surface area contributed by atoms with Crippen LogP contribution in [-0.2, 0) is 7.05 Å². The zero-order valence-electron chi connectivity index (χ0n) is 14.1. The van der Waals surface area contributed by atoms with Crippen LogP contribution in [0.25, 0.3) is 16.0 Å². The lowest BCUT2D eigenvalue weighted by molar-refractivity contribution is 0.768. The van der Waals surface area contributed by atoms with Gasteiger partial charge in [-0.05, 0) is 30.3 Å². The average Bonchev–Trinajstić information content (AvgIpc) is 3.17. The van der Waals surface area contributed by atoms with Gasteiger partial charge in [-0.3, -0.25) is 9.36 Å². The van der Waals surface area contributed by atoms with Crippen molar-refractivity contribution in [3.8, 4) is 17.5 Å². The summed E-state index contributed by atoms with van der Waals surface area (Å²) >= 11 is 7.57. The molecule has 0 radical (unpaired) electrons. The third kappa shape index (κ3) is 3.08. The van der Waals surface area contributed by atoms with Gasteiger partial charge in [0.1, 0.15) is 4.70 Å². The summed E-state index contributed by atoms with van der Waals surface area (Å²) in [7, 11) is 1.58. The van der Waals surface area contributed by atoms with E-state index in [2.05, 4.69) is 16.8 Å². The highest BCUT2D eigenvalue weighted by atomic mass is 35.5. The Morgan fingerprint density at radius 3 is 2.52 bits per heavy atom. The molecule has 0 aliphatic carbocycles. The van der Waals surface area contributed by atoms with Crippen LogP contribution in [0.4, 0.5) is 0 Å². The number of nitrogens with zero attached hydrogens (tertiary/aromatic N) is 3. The van der Waals surface area contributed by atoms with E-state index in [1.165, 1.54) is 15.9 Å². The molecule has 132 valence electrons. The van der Waals surface area contributed by atoms with Crippen molar-refractivity contribution in [3.05, 3.63) is 91.0 Å². The molecule has 0 saturated heterocycles. The summed E-state index contributed by atoms with van der Waals surface area (Å²) in [4.78, 5) is 29.5. The number of hydrogen-bond acceptors (Lipinski definition) is 4. The Morgan fingerprint density at radius 1 is 1.04 bits per heavy atom. The Balaban J connectivity index is 1.83. The lowest BCUT2D eigenvalue weighted by atomic mass is 10.1. The Bertz CT molecular complexity index is 1340. The lowest BCUT2D eigenvalue weighted by Gasteiger charge is -2.09. The molecule has 0 fully saturated rings. The molecule has 4 rings (SSSR count). The van der Waals surface area contributed by atoms with Gasteiger partial charge in [0.05, 0.1) is 16.2 Å². The molecule has 7 heteroatoms. The first kappa shape index (κ1) is 17.3. The molecule has 0 amide bonds. The maximum Gasteiger partial charge on any atom is 0.337 e. The molecule has 2 heterocycles. The maximum absolute atomic E-state index is 12.7. The molecule has 5 nitrogen and oxygen atoms in total. The summed E-state index contributed by atoms with van der Waals surface area (Å²) in [5, 5.41) is 0.276. The number of hydrogen-bond donors (Lipinski definition) is 0. The number of aryl methyl sites for hydroxylation is 1. The number of rotatable bonds is 1. The van der Waals surface area contributed by atoms with Crippen LogP contribution in [0.2, 0.25) is 5.02 Å². The minimum absolute atomic E-state index is 0.276. The first-order valence-corrected chi connectivity index (χ1v) is 9.24. The third-order valence-electron chi connectivity index (χ3n) is 4.06. The molecule has 0 bridgehead atoms. The minimum atomic E-state index is -0.497. The van der Waals surface area contributed by atoms with Crippen molar-refractivity contribution in [2.45, 2.75) is 0 Å². The Hall–Kier alpha value is -3.14. The van der Waals surface area contributed by atoms with Crippen molar-refractivity contribution in [1.82, 2.24) is 14.1 Å². The molecule has 2 aromatic heterocycles. The molecule has 2 aromatic carbocycles. The fraction of sp³-hybridized carbons (Fsp3) is 0.0500. The summed E-state index contributed by atoms with van der Waals surface area (Å²) in [6.07, 6.45) is 0. The Labute approximate surface area is 163 Å². The van der Waals surface area contributed by atoms with E-state index in [0.29, 0.717) is 21.6 Å². The van der Waals surface area contributed by atoms with Crippen molar-refractivity contribution in [1.29, 1.82) is 0 Å². The van der Waals surface area contributed by atoms with Gasteiger partial charge in [-0.15, -0.1) is 11.3 Å². The van der Waals surface area contributed by atoms with Gasteiger partial charge >= 0.3 is 5.69 Å². The van der Waals surface area contributed by atoms with Crippen LogP contribution in [0.5, 0.6) is 0 Å². The molecule has 0 saturated carbocycles. The molecule has 0 aliphatic rings. The highest BCUT2D eigenvalue weighted by Crippen LogP contribution is 2.21. The molecule has 0 unspecified atom stereocenters. The molecule has 0 spiro atoms. The second-order valence-corrected chi connectivity index (χ2v) is 7.03. The van der Waals surface area contributed by atoms with E-state index in [0.717, 1.165) is 10.1 Å².